The molecule has 23 heavy (non-hydrogen) atoms. The number of ether oxygens (including phenoxy) is 3. The van der Waals surface area contributed by atoms with Gasteiger partial charge in [0, 0.05) is 11.1 Å². The van der Waals surface area contributed by atoms with E-state index in [0.29, 0.717) is 60.2 Å². The fourth-order valence-electron chi connectivity index (χ4n) is 2.94. The third-order valence-corrected chi connectivity index (χ3v) is 3.97. The zero-order chi connectivity index (χ0) is 15.8. The molecule has 0 amide bonds. The summed E-state index contributed by atoms with van der Waals surface area (Å²) in [5.74, 6) is 0.400. The van der Waals surface area contributed by atoms with Crippen LogP contribution in [0, 0.1) is 0 Å². The topological polar surface area (TPSA) is 61.8 Å². The van der Waals surface area contributed by atoms with E-state index in [9.17, 15) is 9.59 Å². The van der Waals surface area contributed by atoms with Crippen LogP contribution in [0.4, 0.5) is 0 Å². The van der Waals surface area contributed by atoms with Crippen molar-refractivity contribution in [3.8, 4) is 11.5 Å². The Bertz CT molecular complexity index is 746. The van der Waals surface area contributed by atoms with Gasteiger partial charge in [-0.1, -0.05) is 24.3 Å². The summed E-state index contributed by atoms with van der Waals surface area (Å²) in [5, 5.41) is 0. The van der Waals surface area contributed by atoms with E-state index in [1.807, 2.05) is 0 Å². The number of rotatable bonds is 0. The Kier molecular flexibility index (Phi) is 3.35. The maximum atomic E-state index is 13.0. The van der Waals surface area contributed by atoms with E-state index < -0.39 is 0 Å². The summed E-state index contributed by atoms with van der Waals surface area (Å²) in [6.07, 6.45) is 0. The molecule has 2 bridgehead atoms. The highest BCUT2D eigenvalue weighted by Crippen LogP contribution is 2.37. The van der Waals surface area contributed by atoms with Gasteiger partial charge >= 0.3 is 0 Å². The van der Waals surface area contributed by atoms with Crippen molar-refractivity contribution >= 4 is 11.6 Å². The van der Waals surface area contributed by atoms with Crippen LogP contribution in [0.15, 0.2) is 36.4 Å². The second-order valence-electron chi connectivity index (χ2n) is 5.32. The molecule has 5 heteroatoms. The van der Waals surface area contributed by atoms with E-state index >= 15 is 0 Å². The molecular formula is C18H14O5. The molecule has 0 fully saturated rings. The van der Waals surface area contributed by atoms with Gasteiger partial charge in [0.2, 0.25) is 5.78 Å². The van der Waals surface area contributed by atoms with Crippen molar-refractivity contribution in [3.05, 3.63) is 58.7 Å². The van der Waals surface area contributed by atoms with E-state index in [-0.39, 0.29) is 11.6 Å². The fourth-order valence-corrected chi connectivity index (χ4v) is 2.94. The Morgan fingerprint density at radius 3 is 1.70 bits per heavy atom. The molecule has 2 aliphatic rings. The van der Waals surface area contributed by atoms with Gasteiger partial charge in [0.15, 0.2) is 5.78 Å². The molecular weight excluding hydrogens is 296 g/mol. The number of hydrogen-bond acceptors (Lipinski definition) is 5. The first-order chi connectivity index (χ1) is 11.3. The number of carbonyl (C=O) groups excluding carboxylic acids is 2. The summed E-state index contributed by atoms with van der Waals surface area (Å²) in [4.78, 5) is 25.8. The summed E-state index contributed by atoms with van der Waals surface area (Å²) >= 11 is 0. The van der Waals surface area contributed by atoms with Gasteiger partial charge in [-0.25, -0.2) is 0 Å². The first-order valence-electron chi connectivity index (χ1n) is 7.46. The largest absolute Gasteiger partial charge is 0.490 e. The van der Waals surface area contributed by atoms with Gasteiger partial charge in [0.25, 0.3) is 0 Å². The minimum Gasteiger partial charge on any atom is -0.490 e. The third kappa shape index (κ3) is 2.21. The normalized spacial score (nSPS) is 16.7. The van der Waals surface area contributed by atoms with Gasteiger partial charge in [0.05, 0.1) is 24.3 Å². The predicted octanol–water partition coefficient (Wildman–Crippen LogP) is 2.25. The van der Waals surface area contributed by atoms with E-state index in [0.717, 1.165) is 0 Å². The lowest BCUT2D eigenvalue weighted by atomic mass is 9.83. The van der Waals surface area contributed by atoms with Crippen molar-refractivity contribution < 1.29 is 23.8 Å². The van der Waals surface area contributed by atoms with Crippen molar-refractivity contribution in [1.82, 2.24) is 0 Å². The summed E-state index contributed by atoms with van der Waals surface area (Å²) in [6.45, 7) is 1.41. The Morgan fingerprint density at radius 2 is 1.17 bits per heavy atom. The number of carbonyl (C=O) groups is 2. The number of hydrogen-bond donors (Lipinski definition) is 0. The summed E-state index contributed by atoms with van der Waals surface area (Å²) in [6, 6.07) is 10.1. The second-order valence-corrected chi connectivity index (χ2v) is 5.32. The minimum atomic E-state index is -0.234. The van der Waals surface area contributed by atoms with Crippen LogP contribution in [0.2, 0.25) is 0 Å². The van der Waals surface area contributed by atoms with Gasteiger partial charge in [-0.2, -0.15) is 0 Å². The molecule has 0 N–H and O–H groups in total. The lowest BCUT2D eigenvalue weighted by Gasteiger charge is -2.23. The highest BCUT2D eigenvalue weighted by Gasteiger charge is 2.34. The first-order valence-corrected chi connectivity index (χ1v) is 7.46. The highest BCUT2D eigenvalue weighted by molar-refractivity contribution is 6.30. The van der Waals surface area contributed by atoms with Crippen LogP contribution in [0.5, 0.6) is 11.5 Å². The van der Waals surface area contributed by atoms with Crippen LogP contribution in [0.3, 0.4) is 0 Å². The molecule has 0 spiro atoms. The standard InChI is InChI=1S/C18H14O5/c19-17-11-3-1-5-13-15(11)18(20)16-12(17)4-2-6-14(16)23-10-8-21-7-9-22-13/h1-6H,7-10H2. The molecule has 0 radical (unpaired) electrons. The summed E-state index contributed by atoms with van der Waals surface area (Å²) in [5.41, 5.74) is 1.36. The minimum absolute atomic E-state index is 0.182. The average molecular weight is 310 g/mol. The second kappa shape index (κ2) is 5.52. The molecule has 2 aromatic rings. The molecule has 5 nitrogen and oxygen atoms in total. The lowest BCUT2D eigenvalue weighted by molar-refractivity contribution is 0.0738. The summed E-state index contributed by atoms with van der Waals surface area (Å²) in [7, 11) is 0. The quantitative estimate of drug-likeness (QED) is 0.637. The average Bonchev–Trinajstić information content (AvgIpc) is 2.57. The maximum absolute atomic E-state index is 13.0. The third-order valence-electron chi connectivity index (χ3n) is 3.97. The number of benzene rings is 2. The van der Waals surface area contributed by atoms with Crippen LogP contribution >= 0.6 is 0 Å². The van der Waals surface area contributed by atoms with Crippen molar-refractivity contribution in [1.29, 1.82) is 0 Å². The van der Waals surface area contributed by atoms with Crippen LogP contribution in [0.25, 0.3) is 0 Å². The first kappa shape index (κ1) is 14.0. The Labute approximate surface area is 132 Å². The summed E-state index contributed by atoms with van der Waals surface area (Å²) < 4.78 is 16.8. The Balaban J connectivity index is 1.96. The van der Waals surface area contributed by atoms with Gasteiger partial charge in [-0.15, -0.1) is 0 Å². The van der Waals surface area contributed by atoms with Gasteiger partial charge in [0.1, 0.15) is 24.7 Å². The van der Waals surface area contributed by atoms with Gasteiger partial charge < -0.3 is 14.2 Å². The molecule has 4 rings (SSSR count). The molecule has 0 saturated carbocycles. The van der Waals surface area contributed by atoms with Crippen molar-refractivity contribution in [2.24, 2.45) is 0 Å². The zero-order valence-corrected chi connectivity index (χ0v) is 12.3. The lowest BCUT2D eigenvalue weighted by Crippen LogP contribution is -2.24. The van der Waals surface area contributed by atoms with Crippen LogP contribution in [-0.2, 0) is 4.74 Å². The molecule has 1 aliphatic heterocycles. The van der Waals surface area contributed by atoms with Crippen LogP contribution in [-0.4, -0.2) is 38.0 Å². The van der Waals surface area contributed by atoms with Crippen molar-refractivity contribution in [2.45, 2.75) is 0 Å². The van der Waals surface area contributed by atoms with Crippen molar-refractivity contribution in [2.75, 3.05) is 26.4 Å². The maximum Gasteiger partial charge on any atom is 0.201 e. The zero-order valence-electron chi connectivity index (χ0n) is 12.3. The smallest absolute Gasteiger partial charge is 0.201 e. The SMILES string of the molecule is O=C1c2cccc3c2C(=O)c2c(cccc21)OCCOCCO3. The molecule has 0 aromatic heterocycles. The van der Waals surface area contributed by atoms with Gasteiger partial charge in [-0.3, -0.25) is 9.59 Å². The van der Waals surface area contributed by atoms with Gasteiger partial charge in [-0.05, 0) is 12.1 Å². The predicted molar refractivity (Wildman–Crippen MR) is 81.6 cm³/mol. The van der Waals surface area contributed by atoms with E-state index in [1.165, 1.54) is 0 Å². The molecule has 0 saturated heterocycles. The van der Waals surface area contributed by atoms with E-state index in [4.69, 9.17) is 14.2 Å². The molecule has 0 unspecified atom stereocenters. The fraction of sp³-hybridized carbons (Fsp3) is 0.222. The Morgan fingerprint density at radius 1 is 0.652 bits per heavy atom. The van der Waals surface area contributed by atoms with Crippen molar-refractivity contribution in [3.63, 3.8) is 0 Å². The van der Waals surface area contributed by atoms with E-state index in [2.05, 4.69) is 0 Å². The monoisotopic (exact) mass is 310 g/mol. The van der Waals surface area contributed by atoms with Crippen LogP contribution < -0.4 is 9.47 Å². The molecule has 0 atom stereocenters. The Hall–Kier alpha value is -2.66. The highest BCUT2D eigenvalue weighted by atomic mass is 16.5. The van der Waals surface area contributed by atoms with Crippen LogP contribution in [0.1, 0.15) is 31.8 Å². The van der Waals surface area contributed by atoms with E-state index in [1.54, 1.807) is 36.4 Å². The molecule has 2 aromatic carbocycles. The molecule has 1 aliphatic carbocycles. The molecule has 1 heterocycles. The number of ketones is 2. The molecule has 116 valence electrons.